The molecule has 0 aromatic heterocycles. The number of carbonyl (C=O) groups is 1. The molecule has 0 fully saturated rings. The van der Waals surface area contributed by atoms with Crippen LogP contribution in [0.3, 0.4) is 0 Å². The van der Waals surface area contributed by atoms with E-state index in [9.17, 15) is 4.79 Å². The van der Waals surface area contributed by atoms with Gasteiger partial charge in [0.25, 0.3) is 5.91 Å². The summed E-state index contributed by atoms with van der Waals surface area (Å²) in [6.45, 7) is 2.21. The van der Waals surface area contributed by atoms with Crippen molar-refractivity contribution in [3.05, 3.63) is 41.5 Å². The molecule has 104 valence electrons. The van der Waals surface area contributed by atoms with E-state index < -0.39 is 5.91 Å². The van der Waals surface area contributed by atoms with Crippen molar-refractivity contribution in [2.45, 2.75) is 39.0 Å². The van der Waals surface area contributed by atoms with Gasteiger partial charge in [-0.2, -0.15) is 0 Å². The number of allylic oxidation sites excluding steroid dienone is 1. The smallest absolute Gasteiger partial charge is 0.276 e. The third kappa shape index (κ3) is 5.71. The van der Waals surface area contributed by atoms with E-state index in [1.54, 1.807) is 12.1 Å². The number of amides is 1. The summed E-state index contributed by atoms with van der Waals surface area (Å²) in [6.07, 6.45) is 10.4. The largest absolute Gasteiger partial charge is 0.286 e. The van der Waals surface area contributed by atoms with Crippen molar-refractivity contribution < 1.29 is 10.0 Å². The summed E-state index contributed by atoms with van der Waals surface area (Å²) < 4.78 is 0. The number of rotatable bonds is 7. The molecule has 0 aliphatic rings. The summed E-state index contributed by atoms with van der Waals surface area (Å²) in [7, 11) is 1.33. The van der Waals surface area contributed by atoms with Crippen LogP contribution in [0.1, 0.15) is 54.9 Å². The van der Waals surface area contributed by atoms with Crippen LogP contribution in [0.4, 0.5) is 0 Å². The number of nitrogens with zero attached hydrogens (tertiary/aromatic N) is 1. The highest BCUT2D eigenvalue weighted by atomic mass is 16.5. The second-order valence-corrected chi connectivity index (χ2v) is 4.70. The number of hydrogen-bond acceptors (Lipinski definition) is 2. The molecule has 0 aliphatic carbocycles. The Bertz CT molecular complexity index is 407. The summed E-state index contributed by atoms with van der Waals surface area (Å²) in [5.74, 6) is -0.393. The van der Waals surface area contributed by atoms with Crippen molar-refractivity contribution in [2.24, 2.45) is 0 Å². The molecule has 0 spiro atoms. The van der Waals surface area contributed by atoms with Crippen LogP contribution in [0.5, 0.6) is 0 Å². The van der Waals surface area contributed by atoms with Gasteiger partial charge in [-0.05, 0) is 30.5 Å². The van der Waals surface area contributed by atoms with Crippen LogP contribution >= 0.6 is 0 Å². The fourth-order valence-electron chi connectivity index (χ4n) is 1.83. The number of benzene rings is 1. The molecule has 19 heavy (non-hydrogen) atoms. The van der Waals surface area contributed by atoms with Crippen molar-refractivity contribution in [1.82, 2.24) is 5.06 Å². The summed E-state index contributed by atoms with van der Waals surface area (Å²) in [5.41, 5.74) is 1.57. The van der Waals surface area contributed by atoms with Crippen LogP contribution in [0.15, 0.2) is 30.3 Å². The quantitative estimate of drug-likeness (QED) is 0.455. The monoisotopic (exact) mass is 261 g/mol. The predicted molar refractivity (Wildman–Crippen MR) is 78.1 cm³/mol. The maximum absolute atomic E-state index is 11.5. The zero-order valence-electron chi connectivity index (χ0n) is 11.8. The Morgan fingerprint density at radius 1 is 1.21 bits per heavy atom. The van der Waals surface area contributed by atoms with Gasteiger partial charge in [-0.25, -0.2) is 5.06 Å². The van der Waals surface area contributed by atoms with Crippen LogP contribution in [0.25, 0.3) is 6.08 Å². The Morgan fingerprint density at radius 2 is 1.89 bits per heavy atom. The highest BCUT2D eigenvalue weighted by Crippen LogP contribution is 2.09. The Hall–Kier alpha value is -1.61. The molecule has 1 rings (SSSR count). The van der Waals surface area contributed by atoms with E-state index in [1.165, 1.54) is 32.7 Å². The van der Waals surface area contributed by atoms with E-state index in [0.717, 1.165) is 12.0 Å². The molecule has 0 bridgehead atoms. The minimum atomic E-state index is -0.393. The van der Waals surface area contributed by atoms with E-state index >= 15 is 0 Å². The van der Waals surface area contributed by atoms with E-state index in [-0.39, 0.29) is 0 Å². The molecule has 3 nitrogen and oxygen atoms in total. The first-order chi connectivity index (χ1) is 9.15. The molecule has 1 amide bonds. The van der Waals surface area contributed by atoms with Crippen LogP contribution < -0.4 is 0 Å². The summed E-state index contributed by atoms with van der Waals surface area (Å²) in [4.78, 5) is 11.5. The number of unbranched alkanes of at least 4 members (excludes halogenated alkanes) is 4. The topological polar surface area (TPSA) is 40.5 Å². The number of hydrogen-bond donors (Lipinski definition) is 1. The van der Waals surface area contributed by atoms with E-state index in [0.29, 0.717) is 10.6 Å². The molecule has 0 saturated heterocycles. The predicted octanol–water partition coefficient (Wildman–Crippen LogP) is 4.13. The molecule has 1 aromatic carbocycles. The molecule has 0 radical (unpaired) electrons. The third-order valence-electron chi connectivity index (χ3n) is 2.99. The first kappa shape index (κ1) is 15.4. The number of carbonyl (C=O) groups excluding carboxylic acids is 1. The fourth-order valence-corrected chi connectivity index (χ4v) is 1.83. The summed E-state index contributed by atoms with van der Waals surface area (Å²) >= 11 is 0. The van der Waals surface area contributed by atoms with Gasteiger partial charge in [0, 0.05) is 12.6 Å². The van der Waals surface area contributed by atoms with E-state index in [1.807, 2.05) is 12.1 Å². The lowest BCUT2D eigenvalue weighted by Crippen LogP contribution is -2.22. The molecule has 0 aliphatic heterocycles. The SMILES string of the molecule is CCCCCCC=Cc1ccc(C(=O)N(C)O)cc1. The Kier molecular flexibility index (Phi) is 6.90. The zero-order valence-corrected chi connectivity index (χ0v) is 11.8. The lowest BCUT2D eigenvalue weighted by atomic mass is 10.1. The highest BCUT2D eigenvalue weighted by molar-refractivity contribution is 5.93. The Morgan fingerprint density at radius 3 is 2.47 bits per heavy atom. The van der Waals surface area contributed by atoms with Crippen molar-refractivity contribution >= 4 is 12.0 Å². The molecule has 0 heterocycles. The Labute approximate surface area is 115 Å². The molecule has 0 unspecified atom stereocenters. The van der Waals surface area contributed by atoms with Crippen LogP contribution in [0.2, 0.25) is 0 Å². The average Bonchev–Trinajstić information content (AvgIpc) is 2.42. The second-order valence-electron chi connectivity index (χ2n) is 4.70. The Balaban J connectivity index is 2.44. The van der Waals surface area contributed by atoms with Crippen molar-refractivity contribution in [3.8, 4) is 0 Å². The molecular formula is C16H23NO2. The van der Waals surface area contributed by atoms with Gasteiger partial charge in [0.15, 0.2) is 0 Å². The minimum absolute atomic E-state index is 0.393. The molecular weight excluding hydrogens is 238 g/mol. The molecule has 3 heteroatoms. The standard InChI is InChI=1S/C16H23NO2/c1-3-4-5-6-7-8-9-14-10-12-15(13-11-14)16(18)17(2)19/h8-13,19H,3-7H2,1-2H3. The van der Waals surface area contributed by atoms with Gasteiger partial charge < -0.3 is 0 Å². The van der Waals surface area contributed by atoms with Gasteiger partial charge >= 0.3 is 0 Å². The van der Waals surface area contributed by atoms with Crippen molar-refractivity contribution in [3.63, 3.8) is 0 Å². The lowest BCUT2D eigenvalue weighted by molar-refractivity contribution is -0.0374. The average molecular weight is 261 g/mol. The van der Waals surface area contributed by atoms with Crippen molar-refractivity contribution in [2.75, 3.05) is 7.05 Å². The van der Waals surface area contributed by atoms with Crippen LogP contribution in [0, 0.1) is 0 Å². The zero-order chi connectivity index (χ0) is 14.1. The molecule has 1 aromatic rings. The van der Waals surface area contributed by atoms with Crippen LogP contribution in [-0.2, 0) is 0 Å². The van der Waals surface area contributed by atoms with Gasteiger partial charge in [-0.15, -0.1) is 0 Å². The van der Waals surface area contributed by atoms with E-state index in [2.05, 4.69) is 19.1 Å². The summed E-state index contributed by atoms with van der Waals surface area (Å²) in [5, 5.41) is 9.65. The van der Waals surface area contributed by atoms with Crippen molar-refractivity contribution in [1.29, 1.82) is 0 Å². The minimum Gasteiger partial charge on any atom is -0.286 e. The van der Waals surface area contributed by atoms with Gasteiger partial charge in [0.2, 0.25) is 0 Å². The van der Waals surface area contributed by atoms with Gasteiger partial charge in [0.1, 0.15) is 0 Å². The fraction of sp³-hybridized carbons (Fsp3) is 0.438. The maximum Gasteiger partial charge on any atom is 0.276 e. The summed E-state index contributed by atoms with van der Waals surface area (Å²) in [6, 6.07) is 7.23. The number of hydroxylamine groups is 2. The normalized spacial score (nSPS) is 10.9. The van der Waals surface area contributed by atoms with Gasteiger partial charge in [-0.1, -0.05) is 50.5 Å². The van der Waals surface area contributed by atoms with Crippen LogP contribution in [-0.4, -0.2) is 23.2 Å². The molecule has 0 atom stereocenters. The highest BCUT2D eigenvalue weighted by Gasteiger charge is 2.07. The van der Waals surface area contributed by atoms with Gasteiger partial charge in [-0.3, -0.25) is 10.0 Å². The molecule has 0 saturated carbocycles. The maximum atomic E-state index is 11.5. The first-order valence-electron chi connectivity index (χ1n) is 6.88. The molecule has 1 N–H and O–H groups in total. The third-order valence-corrected chi connectivity index (χ3v) is 2.99. The first-order valence-corrected chi connectivity index (χ1v) is 6.88. The second kappa shape index (κ2) is 8.48. The van der Waals surface area contributed by atoms with E-state index in [4.69, 9.17) is 5.21 Å². The van der Waals surface area contributed by atoms with Gasteiger partial charge in [0.05, 0.1) is 0 Å². The lowest BCUT2D eigenvalue weighted by Gasteiger charge is -2.07.